The summed E-state index contributed by atoms with van der Waals surface area (Å²) in [6.45, 7) is 1.82. The zero-order chi connectivity index (χ0) is 18.9. The van der Waals surface area contributed by atoms with Gasteiger partial charge in [-0.3, -0.25) is 9.80 Å². The molecule has 9 heteroatoms. The number of amides is 1. The molecule has 1 amide bonds. The molecule has 5 nitrogen and oxygen atoms in total. The molecule has 1 aromatic rings. The van der Waals surface area contributed by atoms with Crippen LogP contribution in [0.15, 0.2) is 36.7 Å². The van der Waals surface area contributed by atoms with E-state index in [1.807, 2.05) is 14.0 Å². The van der Waals surface area contributed by atoms with Gasteiger partial charge in [-0.05, 0) is 56.3 Å². The summed E-state index contributed by atoms with van der Waals surface area (Å²) in [5, 5.41) is 1.17. The summed E-state index contributed by atoms with van der Waals surface area (Å²) in [5.74, 6) is 0.0485. The normalized spacial score (nSPS) is 18.8. The summed E-state index contributed by atoms with van der Waals surface area (Å²) >= 11 is 1.28. The number of rotatable bonds is 5. The maximum atomic E-state index is 12.9. The van der Waals surface area contributed by atoms with Gasteiger partial charge in [-0.2, -0.15) is 13.2 Å². The predicted molar refractivity (Wildman–Crippen MR) is 95.5 cm³/mol. The van der Waals surface area contributed by atoms with E-state index in [0.29, 0.717) is 11.7 Å². The smallest absolute Gasteiger partial charge is 0.342 e. The fourth-order valence-electron chi connectivity index (χ4n) is 2.79. The predicted octanol–water partition coefficient (Wildman–Crippen LogP) is 3.77. The molecule has 0 saturated heterocycles. The van der Waals surface area contributed by atoms with Gasteiger partial charge in [0.15, 0.2) is 0 Å². The fraction of sp³-hybridized carbons (Fsp3) is 0.471. The van der Waals surface area contributed by atoms with Crippen LogP contribution in [0.1, 0.15) is 31.7 Å². The molecule has 1 aromatic carbocycles. The number of hydrazine groups is 2. The number of alkyl halides is 3. The third-order valence-corrected chi connectivity index (χ3v) is 5.55. The number of carbonyl (C=O) groups excluding carboxylic acids is 1. The highest BCUT2D eigenvalue weighted by molar-refractivity contribution is 7.98. The fourth-order valence-corrected chi connectivity index (χ4v) is 3.65. The van der Waals surface area contributed by atoms with E-state index in [0.717, 1.165) is 31.4 Å². The zero-order valence-corrected chi connectivity index (χ0v) is 15.3. The van der Waals surface area contributed by atoms with Crippen LogP contribution < -0.4 is 10.5 Å². The molecule has 1 atom stereocenters. The quantitative estimate of drug-likeness (QED) is 0.780. The highest BCUT2D eigenvalue weighted by Crippen LogP contribution is 2.32. The van der Waals surface area contributed by atoms with Gasteiger partial charge in [-0.25, -0.2) is 4.41 Å². The van der Waals surface area contributed by atoms with Crippen molar-refractivity contribution in [3.05, 3.63) is 42.2 Å². The number of hydrogen-bond donors (Lipinski definition) is 1. The summed E-state index contributed by atoms with van der Waals surface area (Å²) < 4.78 is 40.2. The first-order chi connectivity index (χ1) is 12.3. The molecule has 0 aromatic heterocycles. The Kier molecular flexibility index (Phi) is 5.38. The van der Waals surface area contributed by atoms with Crippen molar-refractivity contribution in [1.82, 2.24) is 14.8 Å². The standard InChI is InChI=1S/C17H21F3N4OS/c1-12(16(25)22(2)14-6-4-7-14)26-24-10-9-23(21-24)15-8-3-5-13(11-15)17(18,19)20/h3,5,8-12,14,21H,4,6-7H2,1-2H3. The Hall–Kier alpha value is -1.87. The number of halogens is 3. The van der Waals surface area contributed by atoms with E-state index in [1.165, 1.54) is 23.0 Å². The first-order valence-electron chi connectivity index (χ1n) is 8.39. The summed E-state index contributed by atoms with van der Waals surface area (Å²) in [6, 6.07) is 5.38. The molecule has 1 heterocycles. The monoisotopic (exact) mass is 386 g/mol. The van der Waals surface area contributed by atoms with E-state index >= 15 is 0 Å². The van der Waals surface area contributed by atoms with Crippen molar-refractivity contribution in [3.63, 3.8) is 0 Å². The summed E-state index contributed by atoms with van der Waals surface area (Å²) in [5.41, 5.74) is 2.61. The molecule has 3 rings (SSSR count). The minimum atomic E-state index is -4.39. The largest absolute Gasteiger partial charge is 0.416 e. The van der Waals surface area contributed by atoms with Crippen molar-refractivity contribution < 1.29 is 18.0 Å². The average Bonchev–Trinajstić information content (AvgIpc) is 3.00. The van der Waals surface area contributed by atoms with Gasteiger partial charge in [-0.1, -0.05) is 6.07 Å². The van der Waals surface area contributed by atoms with Crippen molar-refractivity contribution in [2.24, 2.45) is 0 Å². The third kappa shape index (κ3) is 4.09. The zero-order valence-electron chi connectivity index (χ0n) is 14.5. The second-order valence-corrected chi connectivity index (χ2v) is 7.73. The lowest BCUT2D eigenvalue weighted by Crippen LogP contribution is -2.45. The Balaban J connectivity index is 1.57. The minimum absolute atomic E-state index is 0.0485. The Morgan fingerprint density at radius 2 is 2.08 bits per heavy atom. The van der Waals surface area contributed by atoms with Crippen LogP contribution in [-0.4, -0.2) is 33.6 Å². The van der Waals surface area contributed by atoms with Crippen LogP contribution in [-0.2, 0) is 11.0 Å². The van der Waals surface area contributed by atoms with Crippen LogP contribution in [0.3, 0.4) is 0 Å². The van der Waals surface area contributed by atoms with E-state index < -0.39 is 11.7 Å². The van der Waals surface area contributed by atoms with Gasteiger partial charge in [0.05, 0.1) is 11.3 Å². The van der Waals surface area contributed by atoms with Gasteiger partial charge in [0.1, 0.15) is 5.25 Å². The second kappa shape index (κ2) is 7.40. The van der Waals surface area contributed by atoms with E-state index in [1.54, 1.807) is 27.8 Å². The van der Waals surface area contributed by atoms with Gasteiger partial charge in [0.2, 0.25) is 5.91 Å². The van der Waals surface area contributed by atoms with Crippen LogP contribution in [0, 0.1) is 0 Å². The molecule has 26 heavy (non-hydrogen) atoms. The first kappa shape index (κ1) is 18.9. The Labute approximate surface area is 154 Å². The molecule has 1 N–H and O–H groups in total. The molecule has 1 aliphatic heterocycles. The first-order valence-corrected chi connectivity index (χ1v) is 9.23. The maximum absolute atomic E-state index is 12.9. The Morgan fingerprint density at radius 1 is 1.35 bits per heavy atom. The van der Waals surface area contributed by atoms with Gasteiger partial charge >= 0.3 is 6.18 Å². The number of carbonyl (C=O) groups is 1. The third-order valence-electron chi connectivity index (χ3n) is 4.60. The number of benzene rings is 1. The van der Waals surface area contributed by atoms with Gasteiger partial charge in [0.25, 0.3) is 0 Å². The van der Waals surface area contributed by atoms with E-state index in [9.17, 15) is 18.0 Å². The van der Waals surface area contributed by atoms with E-state index in [2.05, 4.69) is 5.53 Å². The molecule has 2 aliphatic rings. The summed E-state index contributed by atoms with van der Waals surface area (Å²) in [7, 11) is 1.82. The lowest BCUT2D eigenvalue weighted by molar-refractivity contribution is -0.137. The van der Waals surface area contributed by atoms with Crippen LogP contribution in [0.4, 0.5) is 18.9 Å². The molecular formula is C17H21F3N4OS. The number of hydrogen-bond acceptors (Lipinski definition) is 5. The lowest BCUT2D eigenvalue weighted by atomic mass is 9.92. The lowest BCUT2D eigenvalue weighted by Gasteiger charge is -2.36. The minimum Gasteiger partial charge on any atom is -0.342 e. The Morgan fingerprint density at radius 3 is 2.69 bits per heavy atom. The Bertz CT molecular complexity index is 693. The molecular weight excluding hydrogens is 365 g/mol. The van der Waals surface area contributed by atoms with Gasteiger partial charge in [-0.15, -0.1) is 5.53 Å². The van der Waals surface area contributed by atoms with Crippen LogP contribution in [0.5, 0.6) is 0 Å². The highest BCUT2D eigenvalue weighted by Gasteiger charge is 2.32. The van der Waals surface area contributed by atoms with Crippen molar-refractivity contribution >= 4 is 23.5 Å². The number of nitrogens with one attached hydrogen (secondary N) is 1. The summed E-state index contributed by atoms with van der Waals surface area (Å²) in [4.78, 5) is 14.3. The number of nitrogens with zero attached hydrogens (tertiary/aromatic N) is 3. The molecule has 0 radical (unpaired) electrons. The maximum Gasteiger partial charge on any atom is 0.416 e. The summed E-state index contributed by atoms with van der Waals surface area (Å²) in [6.07, 6.45) is 2.16. The van der Waals surface area contributed by atoms with Crippen LogP contribution in [0.25, 0.3) is 0 Å². The van der Waals surface area contributed by atoms with Gasteiger partial charge < -0.3 is 4.90 Å². The van der Waals surface area contributed by atoms with Crippen molar-refractivity contribution in [2.75, 3.05) is 12.1 Å². The molecule has 1 aliphatic carbocycles. The SMILES string of the molecule is CC(SN1C=CN(c2cccc(C(F)(F)F)c2)N1)C(=O)N(C)C1CCC1. The highest BCUT2D eigenvalue weighted by atomic mass is 32.2. The second-order valence-electron chi connectivity index (χ2n) is 6.42. The van der Waals surface area contributed by atoms with Crippen molar-refractivity contribution in [1.29, 1.82) is 0 Å². The van der Waals surface area contributed by atoms with Crippen LogP contribution in [0.2, 0.25) is 0 Å². The average molecular weight is 386 g/mol. The van der Waals surface area contributed by atoms with Crippen molar-refractivity contribution in [3.8, 4) is 0 Å². The molecule has 1 unspecified atom stereocenters. The van der Waals surface area contributed by atoms with Crippen LogP contribution >= 0.6 is 11.9 Å². The van der Waals surface area contributed by atoms with Crippen molar-refractivity contribution in [2.45, 2.75) is 43.7 Å². The number of anilines is 1. The molecule has 0 bridgehead atoms. The molecule has 1 fully saturated rings. The molecule has 142 valence electrons. The van der Waals surface area contributed by atoms with E-state index in [4.69, 9.17) is 0 Å². The van der Waals surface area contributed by atoms with Gasteiger partial charge in [0, 0.05) is 25.5 Å². The topological polar surface area (TPSA) is 38.8 Å². The molecule has 1 saturated carbocycles. The van der Waals surface area contributed by atoms with E-state index in [-0.39, 0.29) is 11.2 Å². The molecule has 0 spiro atoms.